The van der Waals surface area contributed by atoms with E-state index in [1.54, 1.807) is 17.9 Å². The molecule has 0 unspecified atom stereocenters. The third kappa shape index (κ3) is 6.14. The van der Waals surface area contributed by atoms with Gasteiger partial charge in [0.05, 0.1) is 0 Å². The largest absolute Gasteiger partial charge is 0.486 e. The number of benzene rings is 2. The van der Waals surface area contributed by atoms with Gasteiger partial charge in [0.1, 0.15) is 19.3 Å². The second kappa shape index (κ2) is 11.0. The van der Waals surface area contributed by atoms with Gasteiger partial charge >= 0.3 is 0 Å². The molecule has 0 saturated heterocycles. The zero-order valence-electron chi connectivity index (χ0n) is 18.0. The summed E-state index contributed by atoms with van der Waals surface area (Å²) >= 11 is 6.32. The van der Waals surface area contributed by atoms with Crippen LogP contribution in [-0.4, -0.2) is 42.5 Å². The molecule has 2 amide bonds. The van der Waals surface area contributed by atoms with Gasteiger partial charge in [-0.25, -0.2) is 0 Å². The number of hydrogen-bond donors (Lipinski definition) is 1. The summed E-state index contributed by atoms with van der Waals surface area (Å²) in [5, 5.41) is 3.46. The van der Waals surface area contributed by atoms with Crippen LogP contribution < -0.4 is 14.8 Å². The third-order valence-electron chi connectivity index (χ3n) is 5.25. The monoisotopic (exact) mass is 444 g/mol. The summed E-state index contributed by atoms with van der Waals surface area (Å²) in [6.45, 7) is 5.66. The molecule has 2 aromatic carbocycles. The molecule has 1 aliphatic rings. The van der Waals surface area contributed by atoms with Gasteiger partial charge in [-0.05, 0) is 49.1 Å². The van der Waals surface area contributed by atoms with Crippen LogP contribution >= 0.6 is 11.6 Å². The standard InChI is InChI=1S/C24H29ClN2O4/c1-3-12-26-24(29)17(2)27(16-19-6-4-5-7-20(19)25)23(28)11-9-18-8-10-21-22(15-18)31-14-13-30-21/h4-8,10,15,17H,3,9,11-14,16H2,1-2H3,(H,26,29)/t17-/m1/s1. The third-order valence-corrected chi connectivity index (χ3v) is 5.62. The van der Waals surface area contributed by atoms with Crippen molar-refractivity contribution >= 4 is 23.4 Å². The molecule has 6 nitrogen and oxygen atoms in total. The Morgan fingerprint density at radius 1 is 1.13 bits per heavy atom. The average Bonchev–Trinajstić information content (AvgIpc) is 2.79. The molecule has 0 radical (unpaired) electrons. The van der Waals surface area contributed by atoms with Gasteiger partial charge in [0.25, 0.3) is 0 Å². The smallest absolute Gasteiger partial charge is 0.242 e. The van der Waals surface area contributed by atoms with Gasteiger partial charge in [0, 0.05) is 24.5 Å². The summed E-state index contributed by atoms with van der Waals surface area (Å²) in [6.07, 6.45) is 1.65. The van der Waals surface area contributed by atoms with Crippen LogP contribution in [-0.2, 0) is 22.6 Å². The summed E-state index contributed by atoms with van der Waals surface area (Å²) < 4.78 is 11.2. The lowest BCUT2D eigenvalue weighted by Gasteiger charge is -2.29. The van der Waals surface area contributed by atoms with Crippen molar-refractivity contribution < 1.29 is 19.1 Å². The molecule has 0 aliphatic carbocycles. The molecule has 31 heavy (non-hydrogen) atoms. The Balaban J connectivity index is 1.71. The van der Waals surface area contributed by atoms with Crippen molar-refractivity contribution in [1.29, 1.82) is 0 Å². The summed E-state index contributed by atoms with van der Waals surface area (Å²) in [4.78, 5) is 27.4. The number of fused-ring (bicyclic) bond motifs is 1. The zero-order valence-corrected chi connectivity index (χ0v) is 18.8. The Morgan fingerprint density at radius 3 is 2.61 bits per heavy atom. The van der Waals surface area contributed by atoms with Crippen LogP contribution in [0.3, 0.4) is 0 Å². The maximum Gasteiger partial charge on any atom is 0.242 e. The van der Waals surface area contributed by atoms with Gasteiger partial charge in [-0.1, -0.05) is 42.8 Å². The number of nitrogens with zero attached hydrogens (tertiary/aromatic N) is 1. The first-order valence-electron chi connectivity index (χ1n) is 10.7. The van der Waals surface area contributed by atoms with Crippen LogP contribution in [0.4, 0.5) is 0 Å². The first kappa shape index (κ1) is 22.9. The van der Waals surface area contributed by atoms with E-state index in [2.05, 4.69) is 5.32 Å². The highest BCUT2D eigenvalue weighted by molar-refractivity contribution is 6.31. The average molecular weight is 445 g/mol. The van der Waals surface area contributed by atoms with Gasteiger partial charge in [-0.3, -0.25) is 9.59 Å². The van der Waals surface area contributed by atoms with E-state index in [0.29, 0.717) is 37.0 Å². The van der Waals surface area contributed by atoms with Gasteiger partial charge < -0.3 is 19.7 Å². The molecule has 1 aliphatic heterocycles. The van der Waals surface area contributed by atoms with Gasteiger partial charge in [-0.2, -0.15) is 0 Å². The van der Waals surface area contributed by atoms with Crippen molar-refractivity contribution in [3.63, 3.8) is 0 Å². The Hall–Kier alpha value is -2.73. The number of ether oxygens (including phenoxy) is 2. The minimum Gasteiger partial charge on any atom is -0.486 e. The molecule has 0 aromatic heterocycles. The number of rotatable bonds is 9. The fourth-order valence-electron chi connectivity index (χ4n) is 3.43. The molecule has 1 heterocycles. The molecule has 0 saturated carbocycles. The van der Waals surface area contributed by atoms with Crippen molar-refractivity contribution in [1.82, 2.24) is 10.2 Å². The van der Waals surface area contributed by atoms with Crippen LogP contribution in [0.5, 0.6) is 11.5 Å². The quantitative estimate of drug-likeness (QED) is 0.635. The van der Waals surface area contributed by atoms with Crippen LogP contribution in [0, 0.1) is 0 Å². The molecule has 166 valence electrons. The molecular weight excluding hydrogens is 416 g/mol. The van der Waals surface area contributed by atoms with E-state index in [0.717, 1.165) is 23.3 Å². The van der Waals surface area contributed by atoms with E-state index in [1.807, 2.05) is 43.3 Å². The molecular formula is C24H29ClN2O4. The summed E-state index contributed by atoms with van der Waals surface area (Å²) in [7, 11) is 0. The fraction of sp³-hybridized carbons (Fsp3) is 0.417. The lowest BCUT2D eigenvalue weighted by atomic mass is 10.1. The Morgan fingerprint density at radius 2 is 1.87 bits per heavy atom. The predicted octanol–water partition coefficient (Wildman–Crippen LogP) is 3.99. The lowest BCUT2D eigenvalue weighted by Crippen LogP contribution is -2.47. The van der Waals surface area contributed by atoms with Crippen LogP contribution in [0.25, 0.3) is 0 Å². The first-order valence-corrected chi connectivity index (χ1v) is 11.1. The molecule has 0 fully saturated rings. The number of nitrogens with one attached hydrogen (secondary N) is 1. The minimum absolute atomic E-state index is 0.103. The first-order chi connectivity index (χ1) is 15.0. The normalized spacial score (nSPS) is 13.4. The molecule has 1 atom stereocenters. The number of hydrogen-bond acceptors (Lipinski definition) is 4. The second-order valence-corrected chi connectivity index (χ2v) is 7.97. The predicted molar refractivity (Wildman–Crippen MR) is 121 cm³/mol. The molecule has 3 rings (SSSR count). The van der Waals surface area contributed by atoms with Gasteiger partial charge in [0.15, 0.2) is 11.5 Å². The number of halogens is 1. The van der Waals surface area contributed by atoms with Crippen molar-refractivity contribution in [3.05, 3.63) is 58.6 Å². The number of aryl methyl sites for hydroxylation is 1. The summed E-state index contributed by atoms with van der Waals surface area (Å²) in [5.41, 5.74) is 1.80. The van der Waals surface area contributed by atoms with Crippen LogP contribution in [0.1, 0.15) is 37.8 Å². The maximum atomic E-state index is 13.2. The highest BCUT2D eigenvalue weighted by Crippen LogP contribution is 2.31. The highest BCUT2D eigenvalue weighted by atomic mass is 35.5. The Bertz CT molecular complexity index is 918. The van der Waals surface area contributed by atoms with Gasteiger partial charge in [-0.15, -0.1) is 0 Å². The van der Waals surface area contributed by atoms with Crippen molar-refractivity contribution in [3.8, 4) is 11.5 Å². The van der Waals surface area contributed by atoms with Crippen molar-refractivity contribution in [2.24, 2.45) is 0 Å². The number of amides is 2. The Labute approximate surface area is 188 Å². The number of carbonyl (C=O) groups excluding carboxylic acids is 2. The molecule has 1 N–H and O–H groups in total. The maximum absolute atomic E-state index is 13.2. The molecule has 0 spiro atoms. The highest BCUT2D eigenvalue weighted by Gasteiger charge is 2.26. The second-order valence-electron chi connectivity index (χ2n) is 7.56. The van der Waals surface area contributed by atoms with Gasteiger partial charge in [0.2, 0.25) is 11.8 Å². The lowest BCUT2D eigenvalue weighted by molar-refractivity contribution is -0.140. The zero-order chi connectivity index (χ0) is 22.2. The van der Waals surface area contributed by atoms with Crippen molar-refractivity contribution in [2.45, 2.75) is 45.7 Å². The minimum atomic E-state index is -0.601. The molecule has 7 heteroatoms. The number of carbonyl (C=O) groups is 2. The summed E-state index contributed by atoms with van der Waals surface area (Å²) in [5.74, 6) is 1.16. The topological polar surface area (TPSA) is 67.9 Å². The van der Waals surface area contributed by atoms with Crippen LogP contribution in [0.2, 0.25) is 5.02 Å². The van der Waals surface area contributed by atoms with Crippen molar-refractivity contribution in [2.75, 3.05) is 19.8 Å². The summed E-state index contributed by atoms with van der Waals surface area (Å²) in [6, 6.07) is 12.5. The van der Waals surface area contributed by atoms with E-state index < -0.39 is 6.04 Å². The van der Waals surface area contributed by atoms with E-state index in [4.69, 9.17) is 21.1 Å². The SMILES string of the molecule is CCCNC(=O)[C@@H](C)N(Cc1ccccc1Cl)C(=O)CCc1ccc2c(c1)OCCO2. The van der Waals surface area contributed by atoms with E-state index in [-0.39, 0.29) is 24.8 Å². The molecule has 0 bridgehead atoms. The van der Waals surface area contributed by atoms with Crippen LogP contribution in [0.15, 0.2) is 42.5 Å². The van der Waals surface area contributed by atoms with E-state index in [9.17, 15) is 9.59 Å². The Kier molecular flexibility index (Phi) is 8.18. The molecule has 2 aromatic rings. The van der Waals surface area contributed by atoms with E-state index in [1.165, 1.54) is 0 Å². The fourth-order valence-corrected chi connectivity index (χ4v) is 3.62. The van der Waals surface area contributed by atoms with E-state index >= 15 is 0 Å².